The van der Waals surface area contributed by atoms with E-state index in [0.29, 0.717) is 6.04 Å². The summed E-state index contributed by atoms with van der Waals surface area (Å²) in [4.78, 5) is 0. The molecule has 21 heavy (non-hydrogen) atoms. The van der Waals surface area contributed by atoms with Gasteiger partial charge in [0.2, 0.25) is 0 Å². The summed E-state index contributed by atoms with van der Waals surface area (Å²) in [5, 5.41) is 8.01. The van der Waals surface area contributed by atoms with Gasteiger partial charge in [-0.25, -0.2) is 0 Å². The first-order valence-corrected chi connectivity index (χ1v) is 9.18. The van der Waals surface area contributed by atoms with Crippen LogP contribution in [0.5, 0.6) is 5.75 Å². The standard InChI is InChI=1S/C17H20BrNOS/c1-2-19-16(7-12-4-6-21-11-12)10-14-9-15(18)8-13-3-5-20-17(13)14/h4,6,8-9,11,16,19H,2-3,5,7,10H2,1H3. The van der Waals surface area contributed by atoms with E-state index in [9.17, 15) is 0 Å². The lowest BCUT2D eigenvalue weighted by molar-refractivity contribution is 0.351. The van der Waals surface area contributed by atoms with E-state index in [1.54, 1.807) is 11.3 Å². The van der Waals surface area contributed by atoms with Gasteiger partial charge in [-0.15, -0.1) is 0 Å². The molecule has 2 heterocycles. The lowest BCUT2D eigenvalue weighted by atomic mass is 9.98. The van der Waals surface area contributed by atoms with Crippen molar-refractivity contribution in [1.82, 2.24) is 5.32 Å². The zero-order chi connectivity index (χ0) is 14.7. The van der Waals surface area contributed by atoms with Gasteiger partial charge in [0.25, 0.3) is 0 Å². The molecule has 1 aliphatic heterocycles. The topological polar surface area (TPSA) is 21.3 Å². The van der Waals surface area contributed by atoms with Crippen LogP contribution in [0.15, 0.2) is 33.4 Å². The number of benzene rings is 1. The van der Waals surface area contributed by atoms with Crippen LogP contribution in [0.25, 0.3) is 0 Å². The van der Waals surface area contributed by atoms with Gasteiger partial charge in [0.15, 0.2) is 0 Å². The molecule has 1 N–H and O–H groups in total. The third-order valence-corrected chi connectivity index (χ3v) is 5.04. The van der Waals surface area contributed by atoms with E-state index in [4.69, 9.17) is 4.74 Å². The molecule has 2 nitrogen and oxygen atoms in total. The Kier molecular flexibility index (Phi) is 4.99. The lowest BCUT2D eigenvalue weighted by Gasteiger charge is -2.19. The Morgan fingerprint density at radius 1 is 1.38 bits per heavy atom. The maximum Gasteiger partial charge on any atom is 0.125 e. The van der Waals surface area contributed by atoms with Crippen LogP contribution in [-0.2, 0) is 19.3 Å². The second-order valence-electron chi connectivity index (χ2n) is 5.45. The van der Waals surface area contributed by atoms with Crippen molar-refractivity contribution in [1.29, 1.82) is 0 Å². The zero-order valence-corrected chi connectivity index (χ0v) is 14.6. The minimum absolute atomic E-state index is 0.451. The molecule has 1 aromatic carbocycles. The van der Waals surface area contributed by atoms with Crippen LogP contribution in [-0.4, -0.2) is 19.2 Å². The largest absolute Gasteiger partial charge is 0.493 e. The van der Waals surface area contributed by atoms with Gasteiger partial charge in [-0.2, -0.15) is 11.3 Å². The number of hydrogen-bond acceptors (Lipinski definition) is 3. The fraction of sp³-hybridized carbons (Fsp3) is 0.412. The molecule has 1 unspecified atom stereocenters. The summed E-state index contributed by atoms with van der Waals surface area (Å²) >= 11 is 5.40. The molecule has 1 atom stereocenters. The van der Waals surface area contributed by atoms with Crippen molar-refractivity contribution in [2.45, 2.75) is 32.2 Å². The van der Waals surface area contributed by atoms with Gasteiger partial charge in [-0.3, -0.25) is 0 Å². The Labute approximate surface area is 138 Å². The van der Waals surface area contributed by atoms with Gasteiger partial charge in [-0.05, 0) is 65.0 Å². The van der Waals surface area contributed by atoms with Crippen LogP contribution in [0.3, 0.4) is 0 Å². The maximum atomic E-state index is 5.85. The molecule has 112 valence electrons. The van der Waals surface area contributed by atoms with Gasteiger partial charge < -0.3 is 10.1 Å². The summed E-state index contributed by atoms with van der Waals surface area (Å²) in [5.74, 6) is 1.12. The lowest BCUT2D eigenvalue weighted by Crippen LogP contribution is -2.33. The monoisotopic (exact) mass is 365 g/mol. The maximum absolute atomic E-state index is 5.85. The van der Waals surface area contributed by atoms with Gasteiger partial charge in [-0.1, -0.05) is 22.9 Å². The highest BCUT2D eigenvalue weighted by Gasteiger charge is 2.20. The first-order chi connectivity index (χ1) is 10.3. The Balaban J connectivity index is 1.79. The van der Waals surface area contributed by atoms with Crippen molar-refractivity contribution >= 4 is 27.3 Å². The molecule has 1 aromatic heterocycles. The van der Waals surface area contributed by atoms with E-state index >= 15 is 0 Å². The van der Waals surface area contributed by atoms with Crippen LogP contribution in [0.4, 0.5) is 0 Å². The van der Waals surface area contributed by atoms with Crippen molar-refractivity contribution in [2.75, 3.05) is 13.2 Å². The van der Waals surface area contributed by atoms with E-state index in [2.05, 4.69) is 57.1 Å². The fourth-order valence-electron chi connectivity index (χ4n) is 2.96. The predicted octanol–water partition coefficient (Wildman–Crippen LogP) is 4.21. The number of ether oxygens (including phenoxy) is 1. The third-order valence-electron chi connectivity index (χ3n) is 3.85. The number of rotatable bonds is 6. The molecule has 0 spiro atoms. The zero-order valence-electron chi connectivity index (χ0n) is 12.2. The highest BCUT2D eigenvalue weighted by molar-refractivity contribution is 9.10. The van der Waals surface area contributed by atoms with E-state index in [1.807, 2.05) is 0 Å². The van der Waals surface area contributed by atoms with Crippen molar-refractivity contribution in [3.8, 4) is 5.75 Å². The third kappa shape index (κ3) is 3.68. The van der Waals surface area contributed by atoms with Gasteiger partial charge >= 0.3 is 0 Å². The van der Waals surface area contributed by atoms with E-state index in [0.717, 1.165) is 42.6 Å². The molecule has 3 rings (SSSR count). The van der Waals surface area contributed by atoms with E-state index < -0.39 is 0 Å². The molecule has 2 aromatic rings. The Morgan fingerprint density at radius 2 is 2.29 bits per heavy atom. The van der Waals surface area contributed by atoms with Crippen LogP contribution in [0, 0.1) is 0 Å². The van der Waals surface area contributed by atoms with E-state index in [-0.39, 0.29) is 0 Å². The van der Waals surface area contributed by atoms with Crippen LogP contribution in [0.2, 0.25) is 0 Å². The minimum atomic E-state index is 0.451. The fourth-order valence-corrected chi connectivity index (χ4v) is 4.20. The number of nitrogens with one attached hydrogen (secondary N) is 1. The number of thiophene rings is 1. The van der Waals surface area contributed by atoms with Crippen molar-refractivity contribution in [3.63, 3.8) is 0 Å². The first-order valence-electron chi connectivity index (χ1n) is 7.45. The number of hydrogen-bond donors (Lipinski definition) is 1. The summed E-state index contributed by atoms with van der Waals surface area (Å²) in [6.45, 7) is 3.98. The van der Waals surface area contributed by atoms with Crippen molar-refractivity contribution in [2.24, 2.45) is 0 Å². The molecular formula is C17H20BrNOS. The van der Waals surface area contributed by atoms with Crippen LogP contribution >= 0.6 is 27.3 Å². The molecule has 0 radical (unpaired) electrons. The minimum Gasteiger partial charge on any atom is -0.493 e. The normalized spacial score (nSPS) is 14.8. The first kappa shape index (κ1) is 15.1. The average Bonchev–Trinajstić information content (AvgIpc) is 3.09. The molecule has 0 aliphatic carbocycles. The van der Waals surface area contributed by atoms with Gasteiger partial charge in [0.1, 0.15) is 5.75 Å². The van der Waals surface area contributed by atoms with E-state index in [1.165, 1.54) is 16.7 Å². The average molecular weight is 366 g/mol. The summed E-state index contributed by atoms with van der Waals surface area (Å²) in [7, 11) is 0. The molecule has 4 heteroatoms. The molecule has 0 fully saturated rings. The van der Waals surface area contributed by atoms with Gasteiger partial charge in [0, 0.05) is 16.9 Å². The van der Waals surface area contributed by atoms with Crippen molar-refractivity contribution < 1.29 is 4.74 Å². The second-order valence-corrected chi connectivity index (χ2v) is 7.14. The van der Waals surface area contributed by atoms with Crippen molar-refractivity contribution in [3.05, 3.63) is 50.1 Å². The SMILES string of the molecule is CCNC(Cc1ccsc1)Cc1cc(Br)cc2c1OCC2. The smallest absolute Gasteiger partial charge is 0.125 e. The highest BCUT2D eigenvalue weighted by Crippen LogP contribution is 2.34. The summed E-state index contributed by atoms with van der Waals surface area (Å²) in [6, 6.07) is 7.07. The molecule has 0 saturated carbocycles. The number of fused-ring (bicyclic) bond motifs is 1. The molecular weight excluding hydrogens is 346 g/mol. The Morgan fingerprint density at radius 3 is 3.05 bits per heavy atom. The second kappa shape index (κ2) is 6.95. The predicted molar refractivity (Wildman–Crippen MR) is 92.5 cm³/mol. The molecule has 0 amide bonds. The Hall–Kier alpha value is -0.840. The van der Waals surface area contributed by atoms with Crippen LogP contribution < -0.4 is 10.1 Å². The molecule has 0 saturated heterocycles. The molecule has 1 aliphatic rings. The highest BCUT2D eigenvalue weighted by atomic mass is 79.9. The van der Waals surface area contributed by atoms with Gasteiger partial charge in [0.05, 0.1) is 6.61 Å². The summed E-state index contributed by atoms with van der Waals surface area (Å²) in [5.41, 5.74) is 4.07. The number of halogens is 1. The Bertz CT molecular complexity index is 597. The molecule has 0 bridgehead atoms. The summed E-state index contributed by atoms with van der Waals surface area (Å²) < 4.78 is 7.01. The summed E-state index contributed by atoms with van der Waals surface area (Å²) in [6.07, 6.45) is 3.10. The number of likely N-dealkylation sites (N-methyl/N-ethyl adjacent to an activating group) is 1. The quantitative estimate of drug-likeness (QED) is 0.827. The van der Waals surface area contributed by atoms with Crippen LogP contribution in [0.1, 0.15) is 23.6 Å².